The van der Waals surface area contributed by atoms with Gasteiger partial charge in [-0.1, -0.05) is 0 Å². The molecule has 0 spiro atoms. The van der Waals surface area contributed by atoms with E-state index in [9.17, 15) is 9.90 Å². The molecule has 1 aromatic heterocycles. The monoisotopic (exact) mass is 191 g/mol. The van der Waals surface area contributed by atoms with Crippen LogP contribution < -0.4 is 11.3 Å². The van der Waals surface area contributed by atoms with Crippen LogP contribution in [-0.4, -0.2) is 14.7 Å². The number of anilines is 1. The van der Waals surface area contributed by atoms with E-state index in [1.165, 1.54) is 22.8 Å². The van der Waals surface area contributed by atoms with Gasteiger partial charge in [-0.2, -0.15) is 0 Å². The lowest BCUT2D eigenvalue weighted by molar-refractivity contribution is 0.476. The molecule has 3 N–H and O–H groups in total. The van der Waals surface area contributed by atoms with Crippen molar-refractivity contribution in [2.45, 2.75) is 0 Å². The van der Waals surface area contributed by atoms with E-state index in [4.69, 9.17) is 5.73 Å². The Balaban J connectivity index is 2.98. The highest BCUT2D eigenvalue weighted by atomic mass is 16.3. The second kappa shape index (κ2) is 2.73. The van der Waals surface area contributed by atoms with Crippen molar-refractivity contribution < 1.29 is 5.11 Å². The summed E-state index contributed by atoms with van der Waals surface area (Å²) in [5.41, 5.74) is 5.70. The van der Waals surface area contributed by atoms with Crippen LogP contribution in [0.2, 0.25) is 0 Å². The fourth-order valence-electron chi connectivity index (χ4n) is 1.28. The Labute approximate surface area is 79.4 Å². The average Bonchev–Trinajstić information content (AvgIpc) is 2.14. The van der Waals surface area contributed by atoms with Crippen LogP contribution in [0.3, 0.4) is 0 Å². The number of rotatable bonds is 0. The summed E-state index contributed by atoms with van der Waals surface area (Å²) in [4.78, 5) is 15.6. The Kier molecular flexibility index (Phi) is 1.67. The van der Waals surface area contributed by atoms with Crippen molar-refractivity contribution in [2.75, 3.05) is 5.73 Å². The standard InChI is InChI=1S/C9H9N3O2/c1-12-8(14)6-3-2-5(13)4-7(6)11-9(12)10/h2-4,13H,1H3,(H2,10,11). The molecule has 1 heterocycles. The molecule has 0 saturated heterocycles. The van der Waals surface area contributed by atoms with Gasteiger partial charge in [0.25, 0.3) is 5.56 Å². The van der Waals surface area contributed by atoms with Crippen LogP contribution in [0.1, 0.15) is 0 Å². The SMILES string of the molecule is Cn1c(N)nc2cc(O)ccc2c1=O. The number of phenolic OH excluding ortho intramolecular Hbond substituents is 1. The van der Waals surface area contributed by atoms with Crippen molar-refractivity contribution in [3.05, 3.63) is 28.6 Å². The lowest BCUT2D eigenvalue weighted by Crippen LogP contribution is -2.21. The first kappa shape index (κ1) is 8.55. The number of fused-ring (bicyclic) bond motifs is 1. The van der Waals surface area contributed by atoms with Gasteiger partial charge >= 0.3 is 0 Å². The highest BCUT2D eigenvalue weighted by molar-refractivity contribution is 5.79. The second-order valence-electron chi connectivity index (χ2n) is 3.04. The molecule has 0 unspecified atom stereocenters. The predicted octanol–water partition coefficient (Wildman–Crippen LogP) is 0.221. The van der Waals surface area contributed by atoms with Crippen LogP contribution in [0.15, 0.2) is 23.0 Å². The number of nitrogen functional groups attached to an aromatic ring is 1. The van der Waals surface area contributed by atoms with Crippen molar-refractivity contribution in [1.82, 2.24) is 9.55 Å². The zero-order valence-corrected chi connectivity index (χ0v) is 7.56. The smallest absolute Gasteiger partial charge is 0.262 e. The number of aromatic nitrogens is 2. The molecule has 5 heteroatoms. The fraction of sp³-hybridized carbons (Fsp3) is 0.111. The molecule has 0 saturated carbocycles. The number of nitrogens with two attached hydrogens (primary N) is 1. The van der Waals surface area contributed by atoms with E-state index >= 15 is 0 Å². The minimum Gasteiger partial charge on any atom is -0.508 e. The van der Waals surface area contributed by atoms with Crippen LogP contribution in [0.5, 0.6) is 5.75 Å². The van der Waals surface area contributed by atoms with Crippen LogP contribution in [0.4, 0.5) is 5.95 Å². The number of nitrogens with zero attached hydrogens (tertiary/aromatic N) is 2. The highest BCUT2D eigenvalue weighted by Gasteiger charge is 2.05. The van der Waals surface area contributed by atoms with E-state index in [1.807, 2.05) is 0 Å². The first-order chi connectivity index (χ1) is 6.59. The van der Waals surface area contributed by atoms with E-state index in [-0.39, 0.29) is 17.3 Å². The first-order valence-electron chi connectivity index (χ1n) is 4.05. The summed E-state index contributed by atoms with van der Waals surface area (Å²) >= 11 is 0. The van der Waals surface area contributed by atoms with E-state index in [0.29, 0.717) is 10.9 Å². The summed E-state index contributed by atoms with van der Waals surface area (Å²) < 4.78 is 1.26. The maximum atomic E-state index is 11.6. The lowest BCUT2D eigenvalue weighted by atomic mass is 10.2. The zero-order valence-electron chi connectivity index (χ0n) is 7.56. The molecule has 0 fully saturated rings. The lowest BCUT2D eigenvalue weighted by Gasteiger charge is -2.04. The van der Waals surface area contributed by atoms with Crippen molar-refractivity contribution in [3.63, 3.8) is 0 Å². The summed E-state index contributed by atoms with van der Waals surface area (Å²) in [6.45, 7) is 0. The van der Waals surface area contributed by atoms with Gasteiger partial charge < -0.3 is 10.8 Å². The number of benzene rings is 1. The van der Waals surface area contributed by atoms with Crippen molar-refractivity contribution in [1.29, 1.82) is 0 Å². The normalized spacial score (nSPS) is 10.6. The van der Waals surface area contributed by atoms with Crippen molar-refractivity contribution >= 4 is 16.9 Å². The third-order valence-electron chi connectivity index (χ3n) is 2.10. The number of hydrogen-bond donors (Lipinski definition) is 2. The Morgan fingerprint density at radius 2 is 2.21 bits per heavy atom. The van der Waals surface area contributed by atoms with Crippen LogP contribution in [0.25, 0.3) is 10.9 Å². The molecule has 2 rings (SSSR count). The summed E-state index contributed by atoms with van der Waals surface area (Å²) in [5.74, 6) is 0.200. The minimum absolute atomic E-state index is 0.0673. The Hall–Kier alpha value is -2.04. The fourth-order valence-corrected chi connectivity index (χ4v) is 1.28. The van der Waals surface area contributed by atoms with Crippen LogP contribution in [-0.2, 0) is 7.05 Å². The molecule has 2 aromatic rings. The van der Waals surface area contributed by atoms with E-state index in [2.05, 4.69) is 4.98 Å². The first-order valence-corrected chi connectivity index (χ1v) is 4.05. The quantitative estimate of drug-likeness (QED) is 0.624. The molecule has 0 aliphatic heterocycles. The summed E-state index contributed by atoms with van der Waals surface area (Å²) in [5, 5.41) is 9.64. The molecule has 72 valence electrons. The second-order valence-corrected chi connectivity index (χ2v) is 3.04. The van der Waals surface area contributed by atoms with Crippen LogP contribution in [0, 0.1) is 0 Å². The molecular formula is C9H9N3O2. The molecular weight excluding hydrogens is 182 g/mol. The van der Waals surface area contributed by atoms with Gasteiger partial charge in [-0.15, -0.1) is 0 Å². The Morgan fingerprint density at radius 1 is 1.50 bits per heavy atom. The zero-order chi connectivity index (χ0) is 10.3. The molecule has 0 radical (unpaired) electrons. The molecule has 0 bridgehead atoms. The van der Waals surface area contributed by atoms with Gasteiger partial charge in [0.15, 0.2) is 0 Å². The topological polar surface area (TPSA) is 81.1 Å². The molecule has 0 aliphatic carbocycles. The molecule has 0 atom stereocenters. The maximum absolute atomic E-state index is 11.6. The Morgan fingerprint density at radius 3 is 2.93 bits per heavy atom. The van der Waals surface area contributed by atoms with Gasteiger partial charge in [0.1, 0.15) is 5.75 Å². The average molecular weight is 191 g/mol. The third-order valence-corrected chi connectivity index (χ3v) is 2.10. The van der Waals surface area contributed by atoms with Gasteiger partial charge in [-0.3, -0.25) is 9.36 Å². The van der Waals surface area contributed by atoms with E-state index in [1.54, 1.807) is 7.05 Å². The summed E-state index contributed by atoms with van der Waals surface area (Å²) in [7, 11) is 1.55. The summed E-state index contributed by atoms with van der Waals surface area (Å²) in [6, 6.07) is 4.38. The van der Waals surface area contributed by atoms with Gasteiger partial charge in [-0.25, -0.2) is 4.98 Å². The van der Waals surface area contributed by atoms with Crippen molar-refractivity contribution in [2.24, 2.45) is 7.05 Å². The Bertz CT molecular complexity index is 560. The van der Waals surface area contributed by atoms with Gasteiger partial charge in [0.2, 0.25) is 5.95 Å². The van der Waals surface area contributed by atoms with Crippen molar-refractivity contribution in [3.8, 4) is 5.75 Å². The van der Waals surface area contributed by atoms with Gasteiger partial charge in [-0.05, 0) is 12.1 Å². The minimum atomic E-state index is -0.215. The maximum Gasteiger partial charge on any atom is 0.262 e. The number of phenols is 1. The van der Waals surface area contributed by atoms with E-state index < -0.39 is 0 Å². The highest BCUT2D eigenvalue weighted by Crippen LogP contribution is 2.15. The number of aromatic hydroxyl groups is 1. The molecule has 0 amide bonds. The van der Waals surface area contributed by atoms with Gasteiger partial charge in [0.05, 0.1) is 10.9 Å². The van der Waals surface area contributed by atoms with E-state index in [0.717, 1.165) is 0 Å². The number of hydrogen-bond acceptors (Lipinski definition) is 4. The third kappa shape index (κ3) is 1.10. The largest absolute Gasteiger partial charge is 0.508 e. The molecule has 5 nitrogen and oxygen atoms in total. The summed E-state index contributed by atoms with van der Waals surface area (Å²) in [6.07, 6.45) is 0. The van der Waals surface area contributed by atoms with Gasteiger partial charge in [0, 0.05) is 13.1 Å². The van der Waals surface area contributed by atoms with Crippen LogP contribution >= 0.6 is 0 Å². The molecule has 14 heavy (non-hydrogen) atoms. The predicted molar refractivity (Wildman–Crippen MR) is 53.1 cm³/mol. The molecule has 0 aliphatic rings. The molecule has 1 aromatic carbocycles.